The van der Waals surface area contributed by atoms with Gasteiger partial charge in [-0.1, -0.05) is 32.0 Å². The topological polar surface area (TPSA) is 84.3 Å². The number of amides is 1. The van der Waals surface area contributed by atoms with Crippen molar-refractivity contribution in [2.45, 2.75) is 26.3 Å². The Bertz CT molecular complexity index is 447. The van der Waals surface area contributed by atoms with Gasteiger partial charge in [-0.25, -0.2) is 0 Å². The zero-order valence-electron chi connectivity index (χ0n) is 11.2. The van der Waals surface area contributed by atoms with Gasteiger partial charge in [0.05, 0.1) is 11.3 Å². The first-order chi connectivity index (χ1) is 9.00. The molecule has 0 bridgehead atoms. The summed E-state index contributed by atoms with van der Waals surface area (Å²) in [7, 11) is 0. The van der Waals surface area contributed by atoms with Gasteiger partial charge < -0.3 is 10.6 Å². The lowest BCUT2D eigenvalue weighted by Gasteiger charge is -2.09. The van der Waals surface area contributed by atoms with Crippen molar-refractivity contribution >= 4 is 11.6 Å². The van der Waals surface area contributed by atoms with E-state index in [9.17, 15) is 14.9 Å². The third-order valence-electron chi connectivity index (χ3n) is 2.54. The Labute approximate surface area is 112 Å². The fourth-order valence-electron chi connectivity index (χ4n) is 1.64. The number of para-hydroxylation sites is 1. The van der Waals surface area contributed by atoms with Gasteiger partial charge in [0.1, 0.15) is 0 Å². The molecule has 0 fully saturated rings. The Morgan fingerprint density at radius 2 is 2.00 bits per heavy atom. The Balaban J connectivity index is 2.46. The van der Waals surface area contributed by atoms with Crippen LogP contribution in [-0.2, 0) is 11.2 Å². The van der Waals surface area contributed by atoms with Crippen LogP contribution in [0.1, 0.15) is 19.4 Å². The molecule has 0 heterocycles. The van der Waals surface area contributed by atoms with E-state index in [0.29, 0.717) is 24.7 Å². The van der Waals surface area contributed by atoms with Gasteiger partial charge in [0.15, 0.2) is 0 Å². The molecular weight excluding hydrogens is 246 g/mol. The maximum absolute atomic E-state index is 11.7. The normalized spacial score (nSPS) is 10.5. The highest BCUT2D eigenvalue weighted by molar-refractivity contribution is 5.79. The largest absolute Gasteiger partial charge is 0.355 e. The molecule has 6 heteroatoms. The maximum atomic E-state index is 11.7. The fraction of sp³-hybridized carbons (Fsp3) is 0.462. The van der Waals surface area contributed by atoms with Gasteiger partial charge in [-0.15, -0.1) is 0 Å². The third-order valence-corrected chi connectivity index (χ3v) is 2.54. The summed E-state index contributed by atoms with van der Waals surface area (Å²) in [5.41, 5.74) is 0.416. The Morgan fingerprint density at radius 1 is 1.32 bits per heavy atom. The summed E-state index contributed by atoms with van der Waals surface area (Å²) in [4.78, 5) is 22.0. The molecule has 0 saturated carbocycles. The molecule has 1 amide bonds. The summed E-state index contributed by atoms with van der Waals surface area (Å²) in [6, 6.07) is 6.65. The van der Waals surface area contributed by atoms with Crippen molar-refractivity contribution < 1.29 is 9.72 Å². The van der Waals surface area contributed by atoms with Crippen LogP contribution in [0.3, 0.4) is 0 Å². The number of nitro groups is 1. The van der Waals surface area contributed by atoms with E-state index >= 15 is 0 Å². The van der Waals surface area contributed by atoms with Crippen LogP contribution in [0, 0.1) is 10.1 Å². The molecule has 0 unspecified atom stereocenters. The molecule has 1 rings (SSSR count). The minimum atomic E-state index is -0.469. The average Bonchev–Trinajstić information content (AvgIpc) is 2.35. The molecule has 0 atom stereocenters. The quantitative estimate of drug-likeness (QED) is 0.441. The minimum absolute atomic E-state index is 0.0158. The first kappa shape index (κ1) is 15.1. The van der Waals surface area contributed by atoms with Gasteiger partial charge in [0.2, 0.25) is 5.91 Å². The molecular formula is C13H19N3O3. The van der Waals surface area contributed by atoms with E-state index < -0.39 is 4.92 Å². The number of nitrogens with one attached hydrogen (secondary N) is 2. The van der Waals surface area contributed by atoms with Crippen molar-refractivity contribution in [2.75, 3.05) is 13.1 Å². The SMILES string of the molecule is CC(C)NCCNC(=O)Cc1ccccc1[N+](=O)[O-]. The minimum Gasteiger partial charge on any atom is -0.355 e. The standard InChI is InChI=1S/C13H19N3O3/c1-10(2)14-7-8-15-13(17)9-11-5-3-4-6-12(11)16(18)19/h3-6,10,14H,7-9H2,1-2H3,(H,15,17). The number of nitro benzene ring substituents is 1. The molecule has 0 aliphatic carbocycles. The summed E-state index contributed by atoms with van der Waals surface area (Å²) >= 11 is 0. The molecule has 1 aromatic rings. The molecule has 0 aromatic heterocycles. The van der Waals surface area contributed by atoms with Gasteiger partial charge in [0, 0.05) is 30.8 Å². The molecule has 19 heavy (non-hydrogen) atoms. The van der Waals surface area contributed by atoms with Gasteiger partial charge in [-0.05, 0) is 0 Å². The van der Waals surface area contributed by atoms with Crippen LogP contribution in [0.15, 0.2) is 24.3 Å². The van der Waals surface area contributed by atoms with Gasteiger partial charge in [-0.2, -0.15) is 0 Å². The van der Waals surface area contributed by atoms with E-state index in [1.807, 2.05) is 13.8 Å². The highest BCUT2D eigenvalue weighted by Crippen LogP contribution is 2.17. The van der Waals surface area contributed by atoms with E-state index in [4.69, 9.17) is 0 Å². The van der Waals surface area contributed by atoms with Crippen LogP contribution < -0.4 is 10.6 Å². The van der Waals surface area contributed by atoms with Gasteiger partial charge in [-0.3, -0.25) is 14.9 Å². The number of hydrogen-bond donors (Lipinski definition) is 2. The number of nitrogens with zero attached hydrogens (tertiary/aromatic N) is 1. The monoisotopic (exact) mass is 265 g/mol. The van der Waals surface area contributed by atoms with Crippen molar-refractivity contribution in [1.29, 1.82) is 0 Å². The summed E-state index contributed by atoms with van der Waals surface area (Å²) in [5, 5.41) is 16.7. The lowest BCUT2D eigenvalue weighted by atomic mass is 10.1. The lowest BCUT2D eigenvalue weighted by molar-refractivity contribution is -0.385. The van der Waals surface area contributed by atoms with Crippen LogP contribution in [-0.4, -0.2) is 30.0 Å². The summed E-state index contributed by atoms with van der Waals surface area (Å²) < 4.78 is 0. The smallest absolute Gasteiger partial charge is 0.273 e. The van der Waals surface area contributed by atoms with Gasteiger partial charge >= 0.3 is 0 Å². The highest BCUT2D eigenvalue weighted by atomic mass is 16.6. The third kappa shape index (κ3) is 5.48. The molecule has 1 aromatic carbocycles. The van der Waals surface area contributed by atoms with Gasteiger partial charge in [0.25, 0.3) is 5.69 Å². The van der Waals surface area contributed by atoms with Crippen molar-refractivity contribution in [1.82, 2.24) is 10.6 Å². The lowest BCUT2D eigenvalue weighted by Crippen LogP contribution is -2.35. The van der Waals surface area contributed by atoms with Crippen molar-refractivity contribution in [2.24, 2.45) is 0 Å². The number of hydrogen-bond acceptors (Lipinski definition) is 4. The summed E-state index contributed by atoms with van der Waals surface area (Å²) in [5.74, 6) is -0.208. The molecule has 6 nitrogen and oxygen atoms in total. The zero-order valence-corrected chi connectivity index (χ0v) is 11.2. The molecule has 0 spiro atoms. The fourth-order valence-corrected chi connectivity index (χ4v) is 1.64. The molecule has 0 aliphatic rings. The van der Waals surface area contributed by atoms with E-state index in [1.54, 1.807) is 18.2 Å². The van der Waals surface area contributed by atoms with Crippen LogP contribution in [0.2, 0.25) is 0 Å². The molecule has 0 aliphatic heterocycles. The number of rotatable bonds is 7. The Morgan fingerprint density at radius 3 is 2.63 bits per heavy atom. The second kappa shape index (κ2) is 7.48. The predicted molar refractivity (Wildman–Crippen MR) is 72.9 cm³/mol. The summed E-state index contributed by atoms with van der Waals surface area (Å²) in [6.07, 6.45) is 0.0266. The molecule has 2 N–H and O–H groups in total. The second-order valence-corrected chi connectivity index (χ2v) is 4.52. The van der Waals surface area contributed by atoms with E-state index in [1.165, 1.54) is 6.07 Å². The van der Waals surface area contributed by atoms with Crippen LogP contribution in [0.25, 0.3) is 0 Å². The first-order valence-corrected chi connectivity index (χ1v) is 6.23. The number of benzene rings is 1. The first-order valence-electron chi connectivity index (χ1n) is 6.23. The predicted octanol–water partition coefficient (Wildman–Crippen LogP) is 1.25. The van der Waals surface area contributed by atoms with E-state index in [0.717, 1.165) is 0 Å². The van der Waals surface area contributed by atoms with Crippen LogP contribution >= 0.6 is 0 Å². The average molecular weight is 265 g/mol. The van der Waals surface area contributed by atoms with Crippen molar-refractivity contribution in [3.8, 4) is 0 Å². The van der Waals surface area contributed by atoms with Crippen molar-refractivity contribution in [3.05, 3.63) is 39.9 Å². The van der Waals surface area contributed by atoms with Crippen molar-refractivity contribution in [3.63, 3.8) is 0 Å². The number of carbonyl (C=O) groups excluding carboxylic acids is 1. The van der Waals surface area contributed by atoms with E-state index in [2.05, 4.69) is 10.6 Å². The highest BCUT2D eigenvalue weighted by Gasteiger charge is 2.14. The number of carbonyl (C=O) groups is 1. The maximum Gasteiger partial charge on any atom is 0.273 e. The van der Waals surface area contributed by atoms with Crippen LogP contribution in [0.4, 0.5) is 5.69 Å². The second-order valence-electron chi connectivity index (χ2n) is 4.52. The van der Waals surface area contributed by atoms with E-state index in [-0.39, 0.29) is 18.0 Å². The molecule has 0 saturated heterocycles. The molecule has 104 valence electrons. The zero-order chi connectivity index (χ0) is 14.3. The Kier molecular flexibility index (Phi) is 5.95. The van der Waals surface area contributed by atoms with Crippen LogP contribution in [0.5, 0.6) is 0 Å². The summed E-state index contributed by atoms with van der Waals surface area (Å²) in [6.45, 7) is 5.24. The molecule has 0 radical (unpaired) electrons. The Hall–Kier alpha value is -1.95.